The minimum absolute atomic E-state index is 0.173. The van der Waals surface area contributed by atoms with Crippen molar-refractivity contribution in [3.05, 3.63) is 64.7 Å². The van der Waals surface area contributed by atoms with E-state index >= 15 is 0 Å². The van der Waals surface area contributed by atoms with Crippen molar-refractivity contribution < 1.29 is 14.3 Å². The molecule has 2 aromatic rings. The topological polar surface area (TPSA) is 85.7 Å². The minimum atomic E-state index is -0.217. The highest BCUT2D eigenvalue weighted by molar-refractivity contribution is 6.05. The number of unbranched alkanes of at least 4 members (excludes halogenated alkanes) is 5. The van der Waals surface area contributed by atoms with Crippen molar-refractivity contribution in [2.45, 2.75) is 58.4 Å². The predicted octanol–water partition coefficient (Wildman–Crippen LogP) is 5.09. The molecule has 1 heterocycles. The van der Waals surface area contributed by atoms with E-state index in [9.17, 15) is 9.59 Å². The van der Waals surface area contributed by atoms with E-state index in [1.54, 1.807) is 36.2 Å². The summed E-state index contributed by atoms with van der Waals surface area (Å²) in [4.78, 5) is 28.9. The molecule has 0 radical (unpaired) electrons. The fraction of sp³-hybridized carbons (Fsp3) is 0.452. The maximum atomic E-state index is 12.8. The Balaban J connectivity index is 1.49. The van der Waals surface area contributed by atoms with Crippen LogP contribution in [0.4, 0.5) is 5.69 Å². The summed E-state index contributed by atoms with van der Waals surface area (Å²) in [6, 6.07) is 12.9. The summed E-state index contributed by atoms with van der Waals surface area (Å²) in [5.74, 6) is 2.44. The van der Waals surface area contributed by atoms with E-state index in [-0.39, 0.29) is 18.4 Å². The van der Waals surface area contributed by atoms with Gasteiger partial charge in [0.25, 0.3) is 5.91 Å². The van der Waals surface area contributed by atoms with E-state index in [0.717, 1.165) is 31.4 Å². The van der Waals surface area contributed by atoms with Crippen LogP contribution >= 0.6 is 0 Å². The summed E-state index contributed by atoms with van der Waals surface area (Å²) in [6.45, 7) is 4.78. The number of carbonyl (C=O) groups excluding carboxylic acids is 2. The van der Waals surface area contributed by atoms with Crippen LogP contribution in [0.2, 0.25) is 0 Å². The zero-order valence-corrected chi connectivity index (χ0v) is 22.7. The molecule has 7 heteroatoms. The van der Waals surface area contributed by atoms with Crippen molar-refractivity contribution in [2.75, 3.05) is 38.6 Å². The van der Waals surface area contributed by atoms with Crippen LogP contribution in [0.1, 0.15) is 72.5 Å². The fourth-order valence-corrected chi connectivity index (χ4v) is 4.54. The molecule has 1 amide bonds. The zero-order chi connectivity index (χ0) is 27.3. The molecule has 1 aliphatic rings. The number of nitrogens with zero attached hydrogens (tertiary/aromatic N) is 2. The third-order valence-electron chi connectivity index (χ3n) is 6.80. The van der Waals surface area contributed by atoms with Gasteiger partial charge in [0, 0.05) is 37.0 Å². The summed E-state index contributed by atoms with van der Waals surface area (Å²) in [7, 11) is 1.76. The van der Waals surface area contributed by atoms with E-state index in [0.29, 0.717) is 42.3 Å². The number of benzene rings is 2. The number of hydrogen-bond donors (Lipinski definition) is 2. The largest absolute Gasteiger partial charge is 0.465 e. The Labute approximate surface area is 227 Å². The van der Waals surface area contributed by atoms with Crippen LogP contribution in [0.5, 0.6) is 0 Å². The highest BCUT2D eigenvalue weighted by atomic mass is 16.5. The number of amides is 1. The summed E-state index contributed by atoms with van der Waals surface area (Å²) >= 11 is 0. The molecule has 38 heavy (non-hydrogen) atoms. The number of nitrogens with one attached hydrogen (secondary N) is 2. The van der Waals surface area contributed by atoms with Crippen molar-refractivity contribution in [1.82, 2.24) is 9.80 Å². The standard InChI is InChI=1S/C31H40N4O3/c1-4-6-7-8-9-10-20-38-29(36)23-35-19-17-24-15-16-28(21-27(24)22-35)33-31(37)26-13-11-25(12-14-26)30(32)34(3)18-5-2/h2,11-16,21,32H,4,6-10,17-20,22-23H2,1,3H3,(H,33,37). The molecule has 0 spiro atoms. The van der Waals surface area contributed by atoms with Crippen LogP contribution in [0, 0.1) is 17.8 Å². The second-order valence-corrected chi connectivity index (χ2v) is 9.87. The number of hydrogen-bond acceptors (Lipinski definition) is 5. The van der Waals surface area contributed by atoms with Gasteiger partial charge in [-0.05, 0) is 48.2 Å². The Morgan fingerprint density at radius 2 is 1.76 bits per heavy atom. The van der Waals surface area contributed by atoms with Crippen LogP contribution in [0.3, 0.4) is 0 Å². The molecule has 0 saturated heterocycles. The Hall–Kier alpha value is -3.63. The SMILES string of the molecule is C#CCN(C)C(=N)c1ccc(C(=O)Nc2ccc3c(c2)CN(CC(=O)OCCCCCCCC)CC3)cc1. The van der Waals surface area contributed by atoms with Crippen LogP contribution < -0.4 is 5.32 Å². The predicted molar refractivity (Wildman–Crippen MR) is 152 cm³/mol. The number of carbonyl (C=O) groups is 2. The lowest BCUT2D eigenvalue weighted by Gasteiger charge is -2.28. The quantitative estimate of drug-likeness (QED) is 0.127. The van der Waals surface area contributed by atoms with Gasteiger partial charge in [0.1, 0.15) is 5.84 Å². The molecule has 2 aromatic carbocycles. The molecule has 0 aliphatic carbocycles. The van der Waals surface area contributed by atoms with E-state index in [1.165, 1.54) is 31.2 Å². The Morgan fingerprint density at radius 1 is 1.05 bits per heavy atom. The lowest BCUT2D eigenvalue weighted by atomic mass is 9.99. The smallest absolute Gasteiger partial charge is 0.320 e. The first kappa shape index (κ1) is 28.9. The van der Waals surface area contributed by atoms with E-state index < -0.39 is 0 Å². The number of esters is 1. The van der Waals surface area contributed by atoms with Crippen LogP contribution in [0.15, 0.2) is 42.5 Å². The van der Waals surface area contributed by atoms with Gasteiger partial charge in [-0.1, -0.05) is 63.1 Å². The molecule has 0 fully saturated rings. The number of terminal acetylenes is 1. The molecular formula is C31H40N4O3. The van der Waals surface area contributed by atoms with Crippen LogP contribution in [-0.2, 0) is 22.5 Å². The summed E-state index contributed by atoms with van der Waals surface area (Å²) < 4.78 is 5.45. The number of anilines is 1. The van der Waals surface area contributed by atoms with Crippen LogP contribution in [-0.4, -0.2) is 60.8 Å². The van der Waals surface area contributed by atoms with Crippen molar-refractivity contribution in [1.29, 1.82) is 5.41 Å². The summed E-state index contributed by atoms with van der Waals surface area (Å²) in [5.41, 5.74) is 4.26. The van der Waals surface area contributed by atoms with Crippen LogP contribution in [0.25, 0.3) is 0 Å². The average molecular weight is 517 g/mol. The maximum absolute atomic E-state index is 12.8. The van der Waals surface area contributed by atoms with Gasteiger partial charge in [0.2, 0.25) is 0 Å². The number of amidine groups is 1. The molecule has 7 nitrogen and oxygen atoms in total. The molecule has 202 valence electrons. The molecule has 0 aromatic heterocycles. The first-order chi connectivity index (χ1) is 18.4. The second kappa shape index (κ2) is 14.9. The van der Waals surface area contributed by atoms with Gasteiger partial charge in [0.15, 0.2) is 0 Å². The van der Waals surface area contributed by atoms with Gasteiger partial charge < -0.3 is 15.0 Å². The third-order valence-corrected chi connectivity index (χ3v) is 6.80. The summed E-state index contributed by atoms with van der Waals surface area (Å²) in [6.07, 6.45) is 13.2. The summed E-state index contributed by atoms with van der Waals surface area (Å²) in [5, 5.41) is 11.2. The molecule has 1 aliphatic heterocycles. The fourth-order valence-electron chi connectivity index (χ4n) is 4.54. The first-order valence-corrected chi connectivity index (χ1v) is 13.6. The molecule has 2 N–H and O–H groups in total. The van der Waals surface area contributed by atoms with Gasteiger partial charge in [0.05, 0.1) is 19.7 Å². The maximum Gasteiger partial charge on any atom is 0.320 e. The van der Waals surface area contributed by atoms with Gasteiger partial charge in [-0.3, -0.25) is 19.9 Å². The Morgan fingerprint density at radius 3 is 2.50 bits per heavy atom. The average Bonchev–Trinajstić information content (AvgIpc) is 2.92. The molecule has 3 rings (SSSR count). The normalized spacial score (nSPS) is 12.8. The third kappa shape index (κ3) is 8.74. The number of fused-ring (bicyclic) bond motifs is 1. The second-order valence-electron chi connectivity index (χ2n) is 9.87. The van der Waals surface area contributed by atoms with Crippen molar-refractivity contribution in [2.24, 2.45) is 0 Å². The van der Waals surface area contributed by atoms with E-state index in [2.05, 4.69) is 23.1 Å². The van der Waals surface area contributed by atoms with Crippen molar-refractivity contribution >= 4 is 23.4 Å². The molecular weight excluding hydrogens is 476 g/mol. The minimum Gasteiger partial charge on any atom is -0.465 e. The van der Waals surface area contributed by atoms with Crippen molar-refractivity contribution in [3.8, 4) is 12.3 Å². The van der Waals surface area contributed by atoms with Crippen molar-refractivity contribution in [3.63, 3.8) is 0 Å². The van der Waals surface area contributed by atoms with E-state index in [1.807, 2.05) is 18.2 Å². The first-order valence-electron chi connectivity index (χ1n) is 13.6. The monoisotopic (exact) mass is 516 g/mol. The molecule has 0 unspecified atom stereocenters. The van der Waals surface area contributed by atoms with Gasteiger partial charge in [-0.15, -0.1) is 6.42 Å². The molecule has 0 bridgehead atoms. The highest BCUT2D eigenvalue weighted by Crippen LogP contribution is 2.23. The van der Waals surface area contributed by atoms with Gasteiger partial charge >= 0.3 is 5.97 Å². The van der Waals surface area contributed by atoms with Gasteiger partial charge in [-0.25, -0.2) is 0 Å². The molecule has 0 atom stereocenters. The number of ether oxygens (including phenoxy) is 1. The number of rotatable bonds is 13. The lowest BCUT2D eigenvalue weighted by Crippen LogP contribution is -2.35. The van der Waals surface area contributed by atoms with E-state index in [4.69, 9.17) is 16.6 Å². The lowest BCUT2D eigenvalue weighted by molar-refractivity contribution is -0.145. The zero-order valence-electron chi connectivity index (χ0n) is 22.7. The Bertz CT molecular complexity index is 1140. The Kier molecular flexibility index (Phi) is 11.4. The van der Waals surface area contributed by atoms with Gasteiger partial charge in [-0.2, -0.15) is 0 Å². The highest BCUT2D eigenvalue weighted by Gasteiger charge is 2.20. The molecule has 0 saturated carbocycles.